The Labute approximate surface area is 187 Å². The standard InChI is InChI=1S/C22H27N3O4S2/c1-5-31(27,28)17-10-6-9-16(15-17)21(26)25(14-8-13-24(2)3)22-23-20-18(29-4)11-7-12-19(20)30-22/h6-7,9-12,15H,5,8,13-14H2,1-4H3. The zero-order valence-corrected chi connectivity index (χ0v) is 19.8. The molecule has 0 unspecified atom stereocenters. The van der Waals surface area contributed by atoms with Crippen molar-refractivity contribution in [1.29, 1.82) is 0 Å². The number of fused-ring (bicyclic) bond motifs is 1. The van der Waals surface area contributed by atoms with E-state index in [1.807, 2.05) is 32.3 Å². The second kappa shape index (κ2) is 9.76. The number of sulfone groups is 1. The normalized spacial score (nSPS) is 11.8. The first-order valence-electron chi connectivity index (χ1n) is 9.99. The molecule has 1 amide bonds. The Morgan fingerprint density at radius 1 is 1.13 bits per heavy atom. The number of thiazole rings is 1. The van der Waals surface area contributed by atoms with Crippen molar-refractivity contribution in [3.05, 3.63) is 48.0 Å². The summed E-state index contributed by atoms with van der Waals surface area (Å²) in [5.74, 6) is 0.358. The van der Waals surface area contributed by atoms with Gasteiger partial charge in [-0.05, 0) is 57.4 Å². The smallest absolute Gasteiger partial charge is 0.260 e. The lowest BCUT2D eigenvalue weighted by Crippen LogP contribution is -2.33. The van der Waals surface area contributed by atoms with Crippen molar-refractivity contribution in [3.8, 4) is 5.75 Å². The molecule has 9 heteroatoms. The molecule has 0 saturated heterocycles. The molecule has 31 heavy (non-hydrogen) atoms. The minimum absolute atomic E-state index is 0.0190. The van der Waals surface area contributed by atoms with Crippen LogP contribution in [0.2, 0.25) is 0 Å². The molecule has 0 atom stereocenters. The highest BCUT2D eigenvalue weighted by Crippen LogP contribution is 2.34. The molecule has 0 aliphatic carbocycles. The average molecular weight is 462 g/mol. The summed E-state index contributed by atoms with van der Waals surface area (Å²) >= 11 is 1.41. The van der Waals surface area contributed by atoms with E-state index in [0.29, 0.717) is 28.5 Å². The summed E-state index contributed by atoms with van der Waals surface area (Å²) in [6.07, 6.45) is 0.749. The van der Waals surface area contributed by atoms with E-state index in [9.17, 15) is 13.2 Å². The molecule has 3 aromatic rings. The highest BCUT2D eigenvalue weighted by molar-refractivity contribution is 7.91. The van der Waals surface area contributed by atoms with Crippen LogP contribution in [-0.2, 0) is 9.84 Å². The number of carbonyl (C=O) groups excluding carboxylic acids is 1. The number of carbonyl (C=O) groups is 1. The van der Waals surface area contributed by atoms with Crippen molar-refractivity contribution in [2.45, 2.75) is 18.2 Å². The first-order chi connectivity index (χ1) is 14.8. The number of para-hydroxylation sites is 1. The van der Waals surface area contributed by atoms with E-state index in [1.54, 1.807) is 31.1 Å². The van der Waals surface area contributed by atoms with Gasteiger partial charge in [0.15, 0.2) is 15.0 Å². The van der Waals surface area contributed by atoms with Crippen molar-refractivity contribution in [2.24, 2.45) is 0 Å². The summed E-state index contributed by atoms with van der Waals surface area (Å²) in [5.41, 5.74) is 1.03. The Morgan fingerprint density at radius 2 is 1.87 bits per heavy atom. The number of aromatic nitrogens is 1. The fourth-order valence-electron chi connectivity index (χ4n) is 3.17. The third kappa shape index (κ3) is 5.23. The molecule has 2 aromatic carbocycles. The molecular weight excluding hydrogens is 434 g/mol. The van der Waals surface area contributed by atoms with Crippen LogP contribution >= 0.6 is 11.3 Å². The van der Waals surface area contributed by atoms with Crippen LogP contribution in [0.25, 0.3) is 10.2 Å². The van der Waals surface area contributed by atoms with Gasteiger partial charge >= 0.3 is 0 Å². The van der Waals surface area contributed by atoms with E-state index in [4.69, 9.17) is 4.74 Å². The molecule has 7 nitrogen and oxygen atoms in total. The number of nitrogens with zero attached hydrogens (tertiary/aromatic N) is 3. The lowest BCUT2D eigenvalue weighted by Gasteiger charge is -2.21. The number of benzene rings is 2. The number of anilines is 1. The third-order valence-electron chi connectivity index (χ3n) is 4.87. The van der Waals surface area contributed by atoms with Crippen LogP contribution < -0.4 is 9.64 Å². The van der Waals surface area contributed by atoms with E-state index in [0.717, 1.165) is 17.7 Å². The first-order valence-corrected chi connectivity index (χ1v) is 12.5. The van der Waals surface area contributed by atoms with Gasteiger partial charge in [-0.1, -0.05) is 30.4 Å². The van der Waals surface area contributed by atoms with Gasteiger partial charge in [0.2, 0.25) is 0 Å². The molecule has 166 valence electrons. The highest BCUT2D eigenvalue weighted by atomic mass is 32.2. The number of hydrogen-bond donors (Lipinski definition) is 0. The highest BCUT2D eigenvalue weighted by Gasteiger charge is 2.23. The molecule has 0 aliphatic rings. The molecule has 1 heterocycles. The van der Waals surface area contributed by atoms with Gasteiger partial charge in [-0.2, -0.15) is 0 Å². The van der Waals surface area contributed by atoms with Crippen molar-refractivity contribution in [3.63, 3.8) is 0 Å². The van der Waals surface area contributed by atoms with Crippen molar-refractivity contribution in [1.82, 2.24) is 9.88 Å². The van der Waals surface area contributed by atoms with Gasteiger partial charge in [-0.25, -0.2) is 13.4 Å². The molecule has 0 N–H and O–H groups in total. The number of methoxy groups -OCH3 is 1. The van der Waals surface area contributed by atoms with Gasteiger partial charge < -0.3 is 9.64 Å². The summed E-state index contributed by atoms with van der Waals surface area (Å²) in [4.78, 5) is 22.0. The summed E-state index contributed by atoms with van der Waals surface area (Å²) < 4.78 is 30.9. The van der Waals surface area contributed by atoms with E-state index < -0.39 is 9.84 Å². The Kier molecular flexibility index (Phi) is 7.30. The summed E-state index contributed by atoms with van der Waals surface area (Å²) in [7, 11) is 2.14. The third-order valence-corrected chi connectivity index (χ3v) is 7.65. The summed E-state index contributed by atoms with van der Waals surface area (Å²) in [6.45, 7) is 2.86. The van der Waals surface area contributed by atoms with Gasteiger partial charge in [-0.15, -0.1) is 0 Å². The first kappa shape index (κ1) is 23.2. The van der Waals surface area contributed by atoms with Gasteiger partial charge in [-0.3, -0.25) is 9.69 Å². The van der Waals surface area contributed by atoms with E-state index in [2.05, 4.69) is 9.88 Å². The number of hydrogen-bond acceptors (Lipinski definition) is 7. The second-order valence-electron chi connectivity index (χ2n) is 7.35. The van der Waals surface area contributed by atoms with Crippen LogP contribution in [0.3, 0.4) is 0 Å². The fraction of sp³-hybridized carbons (Fsp3) is 0.364. The predicted octanol–water partition coefficient (Wildman–Crippen LogP) is 3.70. The van der Waals surface area contributed by atoms with Crippen LogP contribution in [0.5, 0.6) is 5.75 Å². The minimum atomic E-state index is -3.41. The fourth-order valence-corrected chi connectivity index (χ4v) is 5.10. The predicted molar refractivity (Wildman–Crippen MR) is 125 cm³/mol. The molecule has 0 saturated carbocycles. The Hall–Kier alpha value is -2.49. The minimum Gasteiger partial charge on any atom is -0.494 e. The molecule has 3 rings (SSSR count). The zero-order valence-electron chi connectivity index (χ0n) is 18.2. The monoisotopic (exact) mass is 461 g/mol. The van der Waals surface area contributed by atoms with E-state index >= 15 is 0 Å². The van der Waals surface area contributed by atoms with Crippen LogP contribution in [0.1, 0.15) is 23.7 Å². The summed E-state index contributed by atoms with van der Waals surface area (Å²) in [6, 6.07) is 11.9. The molecule has 0 bridgehead atoms. The van der Waals surface area contributed by atoms with Crippen LogP contribution in [0.15, 0.2) is 47.4 Å². The van der Waals surface area contributed by atoms with Gasteiger partial charge in [0.25, 0.3) is 5.91 Å². The van der Waals surface area contributed by atoms with E-state index in [1.165, 1.54) is 23.5 Å². The number of ether oxygens (including phenoxy) is 1. The lowest BCUT2D eigenvalue weighted by molar-refractivity contribution is 0.0986. The van der Waals surface area contributed by atoms with Crippen molar-refractivity contribution >= 4 is 42.4 Å². The Bertz CT molecular complexity index is 1170. The van der Waals surface area contributed by atoms with Gasteiger partial charge in [0.1, 0.15) is 11.3 Å². The van der Waals surface area contributed by atoms with Crippen LogP contribution in [0, 0.1) is 0 Å². The number of amides is 1. The molecule has 0 spiro atoms. The maximum Gasteiger partial charge on any atom is 0.260 e. The van der Waals surface area contributed by atoms with Crippen LogP contribution in [0.4, 0.5) is 5.13 Å². The maximum absolute atomic E-state index is 13.5. The second-order valence-corrected chi connectivity index (χ2v) is 10.6. The largest absolute Gasteiger partial charge is 0.494 e. The Balaban J connectivity index is 2.01. The van der Waals surface area contributed by atoms with Crippen LogP contribution in [-0.4, -0.2) is 64.3 Å². The van der Waals surface area contributed by atoms with Crippen molar-refractivity contribution in [2.75, 3.05) is 44.9 Å². The lowest BCUT2D eigenvalue weighted by atomic mass is 10.2. The number of rotatable bonds is 9. The van der Waals surface area contributed by atoms with Crippen molar-refractivity contribution < 1.29 is 17.9 Å². The topological polar surface area (TPSA) is 79.8 Å². The maximum atomic E-state index is 13.5. The molecule has 0 radical (unpaired) electrons. The SMILES string of the molecule is CCS(=O)(=O)c1cccc(C(=O)N(CCCN(C)C)c2nc3c(OC)cccc3s2)c1. The molecule has 0 fully saturated rings. The molecule has 0 aliphatic heterocycles. The quantitative estimate of drug-likeness (QED) is 0.483. The Morgan fingerprint density at radius 3 is 2.55 bits per heavy atom. The summed E-state index contributed by atoms with van der Waals surface area (Å²) in [5, 5.41) is 0.562. The zero-order chi connectivity index (χ0) is 22.6. The molecule has 1 aromatic heterocycles. The molecular formula is C22H27N3O4S2. The van der Waals surface area contributed by atoms with E-state index in [-0.39, 0.29) is 16.6 Å². The van der Waals surface area contributed by atoms with Gasteiger partial charge in [0.05, 0.1) is 22.5 Å². The average Bonchev–Trinajstić information content (AvgIpc) is 3.20. The van der Waals surface area contributed by atoms with Gasteiger partial charge in [0, 0.05) is 12.1 Å².